The normalized spacial score (nSPS) is 12.2. The van der Waals surface area contributed by atoms with Crippen molar-refractivity contribution in [3.63, 3.8) is 0 Å². The van der Waals surface area contributed by atoms with E-state index in [2.05, 4.69) is 10.6 Å². The second-order valence-electron chi connectivity index (χ2n) is 4.74. The molecule has 0 aliphatic rings. The van der Waals surface area contributed by atoms with Crippen molar-refractivity contribution in [1.29, 1.82) is 0 Å². The third kappa shape index (κ3) is 8.84. The molecular weight excluding hydrogens is 232 g/mol. The summed E-state index contributed by atoms with van der Waals surface area (Å²) in [7, 11) is 0. The fourth-order valence-electron chi connectivity index (χ4n) is 1.68. The number of rotatable bonds is 9. The highest BCUT2D eigenvalue weighted by atomic mass is 16.4. The molecular formula is C13H26N2O3. The molecule has 5 nitrogen and oxygen atoms in total. The monoisotopic (exact) mass is 258 g/mol. The highest BCUT2D eigenvalue weighted by Gasteiger charge is 2.09. The van der Waals surface area contributed by atoms with E-state index in [1.165, 1.54) is 0 Å². The van der Waals surface area contributed by atoms with Crippen LogP contribution in [0, 0.1) is 5.92 Å². The smallest absolute Gasteiger partial charge is 0.315 e. The minimum Gasteiger partial charge on any atom is -0.481 e. The van der Waals surface area contributed by atoms with Crippen molar-refractivity contribution >= 4 is 12.0 Å². The summed E-state index contributed by atoms with van der Waals surface area (Å²) >= 11 is 0. The summed E-state index contributed by atoms with van der Waals surface area (Å²) in [5, 5.41) is 14.2. The van der Waals surface area contributed by atoms with E-state index in [-0.39, 0.29) is 18.5 Å². The van der Waals surface area contributed by atoms with Gasteiger partial charge in [-0.05, 0) is 31.6 Å². The van der Waals surface area contributed by atoms with Crippen LogP contribution in [0.5, 0.6) is 0 Å². The maximum absolute atomic E-state index is 11.5. The predicted molar refractivity (Wildman–Crippen MR) is 71.6 cm³/mol. The molecule has 0 rings (SSSR count). The number of hydrogen-bond donors (Lipinski definition) is 3. The number of nitrogens with one attached hydrogen (secondary N) is 2. The first kappa shape index (κ1) is 16.7. The topological polar surface area (TPSA) is 78.4 Å². The predicted octanol–water partition coefficient (Wildman–Crippen LogP) is 2.37. The Hall–Kier alpha value is -1.26. The largest absolute Gasteiger partial charge is 0.481 e. The highest BCUT2D eigenvalue weighted by molar-refractivity contribution is 5.74. The first-order valence-electron chi connectivity index (χ1n) is 6.75. The van der Waals surface area contributed by atoms with Crippen LogP contribution >= 0.6 is 0 Å². The average Bonchev–Trinajstić information content (AvgIpc) is 2.33. The number of carbonyl (C=O) groups excluding carboxylic acids is 1. The summed E-state index contributed by atoms with van der Waals surface area (Å²) in [6, 6.07) is 0.101. The fraction of sp³-hybridized carbons (Fsp3) is 0.846. The number of hydrogen-bond acceptors (Lipinski definition) is 2. The molecule has 0 fully saturated rings. The van der Waals surface area contributed by atoms with Crippen LogP contribution in [0.1, 0.15) is 52.9 Å². The van der Waals surface area contributed by atoms with E-state index in [0.29, 0.717) is 18.9 Å². The van der Waals surface area contributed by atoms with E-state index in [0.717, 1.165) is 19.3 Å². The van der Waals surface area contributed by atoms with E-state index in [4.69, 9.17) is 5.11 Å². The van der Waals surface area contributed by atoms with Gasteiger partial charge in [0.2, 0.25) is 0 Å². The number of carboxylic acid groups (broad SMARTS) is 1. The van der Waals surface area contributed by atoms with Crippen molar-refractivity contribution < 1.29 is 14.7 Å². The summed E-state index contributed by atoms with van der Waals surface area (Å²) < 4.78 is 0. The number of carboxylic acids is 1. The molecule has 0 heterocycles. The van der Waals surface area contributed by atoms with Gasteiger partial charge in [0, 0.05) is 19.0 Å². The van der Waals surface area contributed by atoms with E-state index < -0.39 is 5.97 Å². The van der Waals surface area contributed by atoms with Crippen LogP contribution in [0.15, 0.2) is 0 Å². The SMILES string of the molecule is CCC(CC)NC(=O)NCCC(C)CCC(=O)O. The van der Waals surface area contributed by atoms with Crippen LogP contribution < -0.4 is 10.6 Å². The van der Waals surface area contributed by atoms with Crippen LogP contribution in [-0.2, 0) is 4.79 Å². The van der Waals surface area contributed by atoms with Crippen molar-refractivity contribution in [1.82, 2.24) is 10.6 Å². The molecule has 1 atom stereocenters. The van der Waals surface area contributed by atoms with E-state index in [1.807, 2.05) is 20.8 Å². The standard InChI is InChI=1S/C13H26N2O3/c1-4-11(5-2)15-13(18)14-9-8-10(3)6-7-12(16)17/h10-11H,4-9H2,1-3H3,(H,16,17)(H2,14,15,18). The summed E-state index contributed by atoms with van der Waals surface area (Å²) in [5.74, 6) is -0.448. The molecule has 0 aliphatic heterocycles. The van der Waals surface area contributed by atoms with E-state index >= 15 is 0 Å². The number of amides is 2. The fourth-order valence-corrected chi connectivity index (χ4v) is 1.68. The van der Waals surface area contributed by atoms with Gasteiger partial charge in [0.1, 0.15) is 0 Å². The van der Waals surface area contributed by atoms with Crippen molar-refractivity contribution in [3.05, 3.63) is 0 Å². The zero-order chi connectivity index (χ0) is 14.0. The zero-order valence-corrected chi connectivity index (χ0v) is 11.7. The quantitative estimate of drug-likeness (QED) is 0.594. The third-order valence-electron chi connectivity index (χ3n) is 3.09. The lowest BCUT2D eigenvalue weighted by molar-refractivity contribution is -0.137. The number of aliphatic carboxylic acids is 1. The Bertz CT molecular complexity index is 253. The first-order valence-corrected chi connectivity index (χ1v) is 6.75. The van der Waals surface area contributed by atoms with Crippen LogP contribution in [0.3, 0.4) is 0 Å². The van der Waals surface area contributed by atoms with Gasteiger partial charge in [-0.1, -0.05) is 20.8 Å². The molecule has 0 spiro atoms. The lowest BCUT2D eigenvalue weighted by Gasteiger charge is -2.16. The van der Waals surface area contributed by atoms with Gasteiger partial charge in [0.15, 0.2) is 0 Å². The van der Waals surface area contributed by atoms with Gasteiger partial charge in [0.05, 0.1) is 0 Å². The lowest BCUT2D eigenvalue weighted by Crippen LogP contribution is -2.42. The number of carbonyl (C=O) groups is 2. The molecule has 2 amide bonds. The molecule has 3 N–H and O–H groups in total. The lowest BCUT2D eigenvalue weighted by atomic mass is 10.0. The Balaban J connectivity index is 3.64. The van der Waals surface area contributed by atoms with Crippen molar-refractivity contribution in [2.45, 2.75) is 58.9 Å². The Morgan fingerprint density at radius 3 is 2.28 bits per heavy atom. The molecule has 0 saturated heterocycles. The van der Waals surface area contributed by atoms with Crippen LogP contribution in [-0.4, -0.2) is 29.7 Å². The van der Waals surface area contributed by atoms with Crippen LogP contribution in [0.4, 0.5) is 4.79 Å². The Morgan fingerprint density at radius 2 is 1.78 bits per heavy atom. The molecule has 0 aromatic carbocycles. The van der Waals surface area contributed by atoms with E-state index in [1.54, 1.807) is 0 Å². The van der Waals surface area contributed by atoms with Gasteiger partial charge >= 0.3 is 12.0 Å². The van der Waals surface area contributed by atoms with Crippen LogP contribution in [0.25, 0.3) is 0 Å². The average molecular weight is 258 g/mol. The van der Waals surface area contributed by atoms with Crippen molar-refractivity contribution in [2.75, 3.05) is 6.54 Å². The Labute approximate surface area is 109 Å². The maximum Gasteiger partial charge on any atom is 0.315 e. The summed E-state index contributed by atoms with van der Waals surface area (Å²) in [5.41, 5.74) is 0. The summed E-state index contributed by atoms with van der Waals surface area (Å²) in [6.07, 6.45) is 3.52. The zero-order valence-electron chi connectivity index (χ0n) is 11.7. The van der Waals surface area contributed by atoms with Gasteiger partial charge in [0.25, 0.3) is 0 Å². The van der Waals surface area contributed by atoms with Crippen molar-refractivity contribution in [3.8, 4) is 0 Å². The van der Waals surface area contributed by atoms with Gasteiger partial charge in [-0.25, -0.2) is 4.79 Å². The molecule has 0 aromatic rings. The van der Waals surface area contributed by atoms with Gasteiger partial charge in [-0.2, -0.15) is 0 Å². The van der Waals surface area contributed by atoms with Gasteiger partial charge < -0.3 is 15.7 Å². The summed E-state index contributed by atoms with van der Waals surface area (Å²) in [4.78, 5) is 21.9. The molecule has 0 aliphatic carbocycles. The minimum atomic E-state index is -0.763. The van der Waals surface area contributed by atoms with Crippen LogP contribution in [0.2, 0.25) is 0 Å². The molecule has 0 saturated carbocycles. The first-order chi connectivity index (χ1) is 8.49. The number of urea groups is 1. The molecule has 1 unspecified atom stereocenters. The summed E-state index contributed by atoms with van der Waals surface area (Å²) in [6.45, 7) is 6.68. The second kappa shape index (κ2) is 9.74. The Morgan fingerprint density at radius 1 is 1.17 bits per heavy atom. The highest BCUT2D eigenvalue weighted by Crippen LogP contribution is 2.09. The molecule has 0 aromatic heterocycles. The molecule has 18 heavy (non-hydrogen) atoms. The molecule has 0 bridgehead atoms. The minimum absolute atomic E-state index is 0.130. The second-order valence-corrected chi connectivity index (χ2v) is 4.74. The Kier molecular flexibility index (Phi) is 9.06. The maximum atomic E-state index is 11.5. The molecule has 0 radical (unpaired) electrons. The third-order valence-corrected chi connectivity index (χ3v) is 3.09. The van der Waals surface area contributed by atoms with Gasteiger partial charge in [-0.15, -0.1) is 0 Å². The van der Waals surface area contributed by atoms with Crippen molar-refractivity contribution in [2.24, 2.45) is 5.92 Å². The molecule has 5 heteroatoms. The molecule has 106 valence electrons. The van der Waals surface area contributed by atoms with Gasteiger partial charge in [-0.3, -0.25) is 4.79 Å². The van der Waals surface area contributed by atoms with E-state index in [9.17, 15) is 9.59 Å².